The van der Waals surface area contributed by atoms with Crippen LogP contribution in [-0.4, -0.2) is 0 Å². The van der Waals surface area contributed by atoms with Crippen molar-refractivity contribution in [3.63, 3.8) is 0 Å². The van der Waals surface area contributed by atoms with Gasteiger partial charge in [0, 0.05) is 10.0 Å². The van der Waals surface area contributed by atoms with Crippen molar-refractivity contribution in [2.75, 3.05) is 0 Å². The van der Waals surface area contributed by atoms with Crippen molar-refractivity contribution in [1.29, 1.82) is 0 Å². The molecule has 2 N–H and O–H groups in total. The van der Waals surface area contributed by atoms with E-state index in [-0.39, 0.29) is 6.10 Å². The standard InChI is InChI=1S/C13H11Cl2NO/c14-11-5-1-9(2-6-11)13(17-16)10-3-7-12(15)8-4-10/h1-8,13H,16H2. The highest BCUT2D eigenvalue weighted by atomic mass is 35.5. The summed E-state index contributed by atoms with van der Waals surface area (Å²) >= 11 is 11.7. The molecule has 0 saturated heterocycles. The molecule has 0 aliphatic rings. The number of benzene rings is 2. The van der Waals surface area contributed by atoms with E-state index < -0.39 is 0 Å². The van der Waals surface area contributed by atoms with Gasteiger partial charge in [0.2, 0.25) is 0 Å². The van der Waals surface area contributed by atoms with Gasteiger partial charge in [-0.1, -0.05) is 47.5 Å². The van der Waals surface area contributed by atoms with E-state index in [0.29, 0.717) is 10.0 Å². The minimum absolute atomic E-state index is 0.315. The van der Waals surface area contributed by atoms with E-state index in [1.807, 2.05) is 24.3 Å². The van der Waals surface area contributed by atoms with Gasteiger partial charge in [0.25, 0.3) is 0 Å². The first-order chi connectivity index (χ1) is 8.20. The Hall–Kier alpha value is -1.06. The van der Waals surface area contributed by atoms with Gasteiger partial charge in [0.15, 0.2) is 0 Å². The predicted octanol–water partition coefficient (Wildman–Crippen LogP) is 3.97. The van der Waals surface area contributed by atoms with Crippen molar-refractivity contribution in [1.82, 2.24) is 0 Å². The van der Waals surface area contributed by atoms with Crippen LogP contribution in [0, 0.1) is 0 Å². The van der Waals surface area contributed by atoms with Crippen molar-refractivity contribution in [3.8, 4) is 0 Å². The van der Waals surface area contributed by atoms with Crippen molar-refractivity contribution in [2.24, 2.45) is 5.90 Å². The average molecular weight is 268 g/mol. The molecule has 0 aliphatic heterocycles. The molecule has 2 aromatic rings. The molecule has 0 saturated carbocycles. The van der Waals surface area contributed by atoms with Crippen LogP contribution in [0.3, 0.4) is 0 Å². The predicted molar refractivity (Wildman–Crippen MR) is 70.0 cm³/mol. The van der Waals surface area contributed by atoms with E-state index >= 15 is 0 Å². The number of hydrogen-bond acceptors (Lipinski definition) is 2. The highest BCUT2D eigenvalue weighted by Crippen LogP contribution is 2.26. The Kier molecular flexibility index (Phi) is 4.02. The van der Waals surface area contributed by atoms with Gasteiger partial charge < -0.3 is 0 Å². The zero-order valence-corrected chi connectivity index (χ0v) is 10.4. The molecular weight excluding hydrogens is 257 g/mol. The largest absolute Gasteiger partial charge is 0.292 e. The normalized spacial score (nSPS) is 10.8. The highest BCUT2D eigenvalue weighted by Gasteiger charge is 2.13. The molecule has 88 valence electrons. The molecule has 17 heavy (non-hydrogen) atoms. The Balaban J connectivity index is 2.33. The molecule has 0 spiro atoms. The number of rotatable bonds is 3. The van der Waals surface area contributed by atoms with Gasteiger partial charge in [-0.25, -0.2) is 5.90 Å². The van der Waals surface area contributed by atoms with Crippen molar-refractivity contribution in [2.45, 2.75) is 6.10 Å². The van der Waals surface area contributed by atoms with Gasteiger partial charge in [0.05, 0.1) is 0 Å². The van der Waals surface area contributed by atoms with Gasteiger partial charge >= 0.3 is 0 Å². The monoisotopic (exact) mass is 267 g/mol. The summed E-state index contributed by atoms with van der Waals surface area (Å²) in [4.78, 5) is 5.02. The molecule has 0 unspecified atom stereocenters. The first kappa shape index (κ1) is 12.4. The molecular formula is C13H11Cl2NO. The van der Waals surface area contributed by atoms with Crippen LogP contribution < -0.4 is 5.90 Å². The Bertz CT molecular complexity index is 436. The average Bonchev–Trinajstić information content (AvgIpc) is 2.35. The number of hydrogen-bond donors (Lipinski definition) is 1. The third kappa shape index (κ3) is 2.99. The van der Waals surface area contributed by atoms with E-state index in [1.165, 1.54) is 0 Å². The lowest BCUT2D eigenvalue weighted by atomic mass is 10.0. The minimum atomic E-state index is -0.315. The Morgan fingerprint density at radius 2 is 1.12 bits per heavy atom. The fourth-order valence-corrected chi connectivity index (χ4v) is 1.88. The van der Waals surface area contributed by atoms with Gasteiger partial charge in [-0.2, -0.15) is 0 Å². The third-order valence-corrected chi connectivity index (χ3v) is 2.99. The molecule has 0 bridgehead atoms. The molecule has 0 amide bonds. The van der Waals surface area contributed by atoms with E-state index in [4.69, 9.17) is 33.9 Å². The second-order valence-electron chi connectivity index (χ2n) is 3.62. The van der Waals surface area contributed by atoms with Crippen LogP contribution in [0.5, 0.6) is 0 Å². The van der Waals surface area contributed by atoms with Gasteiger partial charge in [0.1, 0.15) is 6.10 Å². The lowest BCUT2D eigenvalue weighted by molar-refractivity contribution is 0.0813. The molecule has 4 heteroatoms. The maximum absolute atomic E-state index is 5.84. The van der Waals surface area contributed by atoms with Crippen LogP contribution in [0.4, 0.5) is 0 Å². The van der Waals surface area contributed by atoms with E-state index in [1.54, 1.807) is 24.3 Å². The van der Waals surface area contributed by atoms with Gasteiger partial charge in [-0.05, 0) is 35.4 Å². The molecule has 0 atom stereocenters. The quantitative estimate of drug-likeness (QED) is 0.855. The highest BCUT2D eigenvalue weighted by molar-refractivity contribution is 6.30. The Morgan fingerprint density at radius 1 is 0.765 bits per heavy atom. The van der Waals surface area contributed by atoms with Crippen LogP contribution in [-0.2, 0) is 4.84 Å². The lowest BCUT2D eigenvalue weighted by Crippen LogP contribution is -2.10. The van der Waals surface area contributed by atoms with Crippen LogP contribution in [0.15, 0.2) is 48.5 Å². The molecule has 2 aromatic carbocycles. The second-order valence-corrected chi connectivity index (χ2v) is 4.49. The van der Waals surface area contributed by atoms with Crippen molar-refractivity contribution < 1.29 is 4.84 Å². The molecule has 0 radical (unpaired) electrons. The fourth-order valence-electron chi connectivity index (χ4n) is 1.62. The molecule has 2 nitrogen and oxygen atoms in total. The van der Waals surface area contributed by atoms with Crippen LogP contribution in [0.2, 0.25) is 10.0 Å². The lowest BCUT2D eigenvalue weighted by Gasteiger charge is -2.15. The zero-order chi connectivity index (χ0) is 12.3. The smallest absolute Gasteiger partial charge is 0.129 e. The Labute approximate surface area is 110 Å². The van der Waals surface area contributed by atoms with Crippen LogP contribution >= 0.6 is 23.2 Å². The second kappa shape index (κ2) is 5.52. The maximum Gasteiger partial charge on any atom is 0.129 e. The summed E-state index contributed by atoms with van der Waals surface area (Å²) in [5.41, 5.74) is 1.89. The molecule has 0 aromatic heterocycles. The first-order valence-corrected chi connectivity index (χ1v) is 5.83. The maximum atomic E-state index is 5.84. The SMILES string of the molecule is NOC(c1ccc(Cl)cc1)c1ccc(Cl)cc1. The van der Waals surface area contributed by atoms with Crippen molar-refractivity contribution >= 4 is 23.2 Å². The van der Waals surface area contributed by atoms with E-state index in [2.05, 4.69) is 0 Å². The summed E-state index contributed by atoms with van der Waals surface area (Å²) in [6.07, 6.45) is -0.315. The Morgan fingerprint density at radius 3 is 1.41 bits per heavy atom. The number of nitrogens with two attached hydrogens (primary N) is 1. The minimum Gasteiger partial charge on any atom is -0.292 e. The van der Waals surface area contributed by atoms with Crippen molar-refractivity contribution in [3.05, 3.63) is 69.7 Å². The van der Waals surface area contributed by atoms with Gasteiger partial charge in [-0.3, -0.25) is 4.84 Å². The van der Waals surface area contributed by atoms with Crippen LogP contribution in [0.1, 0.15) is 17.2 Å². The first-order valence-electron chi connectivity index (χ1n) is 5.07. The summed E-state index contributed by atoms with van der Waals surface area (Å²) in [5.74, 6) is 5.35. The molecule has 0 fully saturated rings. The summed E-state index contributed by atoms with van der Waals surface area (Å²) in [7, 11) is 0. The van der Waals surface area contributed by atoms with E-state index in [9.17, 15) is 0 Å². The summed E-state index contributed by atoms with van der Waals surface area (Å²) in [6.45, 7) is 0. The zero-order valence-electron chi connectivity index (χ0n) is 8.94. The van der Waals surface area contributed by atoms with Gasteiger partial charge in [-0.15, -0.1) is 0 Å². The summed E-state index contributed by atoms with van der Waals surface area (Å²) < 4.78 is 0. The molecule has 0 heterocycles. The number of halogens is 2. The fraction of sp³-hybridized carbons (Fsp3) is 0.0769. The summed E-state index contributed by atoms with van der Waals surface area (Å²) in [6, 6.07) is 14.8. The van der Waals surface area contributed by atoms with Crippen LogP contribution in [0.25, 0.3) is 0 Å². The molecule has 0 aliphatic carbocycles. The third-order valence-electron chi connectivity index (χ3n) is 2.48. The van der Waals surface area contributed by atoms with E-state index in [0.717, 1.165) is 11.1 Å². The summed E-state index contributed by atoms with van der Waals surface area (Å²) in [5, 5.41) is 1.36. The molecule has 2 rings (SSSR count). The topological polar surface area (TPSA) is 35.2 Å².